The largest absolute Gasteiger partial charge is 0.361 e. The summed E-state index contributed by atoms with van der Waals surface area (Å²) < 4.78 is 0. The van der Waals surface area contributed by atoms with Gasteiger partial charge in [-0.1, -0.05) is 39.0 Å². The lowest BCUT2D eigenvalue weighted by Crippen LogP contribution is -2.24. The summed E-state index contributed by atoms with van der Waals surface area (Å²) in [5, 5.41) is 4.17. The number of rotatable bonds is 5. The molecule has 3 rings (SSSR count). The molecule has 2 aromatic carbocycles. The van der Waals surface area contributed by atoms with Gasteiger partial charge in [0.25, 0.3) is 5.91 Å². The molecule has 1 heterocycles. The Hall–Kier alpha value is -2.55. The van der Waals surface area contributed by atoms with Gasteiger partial charge in [0.2, 0.25) is 0 Å². The van der Waals surface area contributed by atoms with Gasteiger partial charge in [0.05, 0.1) is 0 Å². The van der Waals surface area contributed by atoms with Crippen molar-refractivity contribution in [3.05, 3.63) is 59.8 Å². The smallest absolute Gasteiger partial charge is 0.251 e. The lowest BCUT2D eigenvalue weighted by molar-refractivity contribution is 0.0954. The molecule has 24 heavy (non-hydrogen) atoms. The molecule has 124 valence electrons. The molecule has 1 amide bonds. The van der Waals surface area contributed by atoms with E-state index in [0.717, 1.165) is 34.0 Å². The van der Waals surface area contributed by atoms with E-state index in [2.05, 4.69) is 67.5 Å². The van der Waals surface area contributed by atoms with Crippen LogP contribution in [0.5, 0.6) is 0 Å². The molecule has 0 aliphatic heterocycles. The average molecular weight is 320 g/mol. The van der Waals surface area contributed by atoms with E-state index in [1.54, 1.807) is 0 Å². The van der Waals surface area contributed by atoms with E-state index in [-0.39, 0.29) is 5.91 Å². The maximum Gasteiger partial charge on any atom is 0.251 e. The van der Waals surface area contributed by atoms with Crippen molar-refractivity contribution in [1.82, 2.24) is 10.3 Å². The van der Waals surface area contributed by atoms with Crippen LogP contribution in [-0.2, 0) is 0 Å². The first-order valence-electron chi connectivity index (χ1n) is 8.59. The van der Waals surface area contributed by atoms with Gasteiger partial charge in [-0.2, -0.15) is 0 Å². The number of aromatic amines is 1. The summed E-state index contributed by atoms with van der Waals surface area (Å²) in [5.74, 6) is 0.396. The van der Waals surface area contributed by atoms with E-state index in [1.165, 1.54) is 5.56 Å². The van der Waals surface area contributed by atoms with Crippen LogP contribution in [-0.4, -0.2) is 17.4 Å². The molecule has 0 aliphatic rings. The minimum Gasteiger partial charge on any atom is -0.361 e. The molecular weight excluding hydrogens is 296 g/mol. The highest BCUT2D eigenvalue weighted by Gasteiger charge is 2.15. The van der Waals surface area contributed by atoms with Gasteiger partial charge in [0.15, 0.2) is 0 Å². The highest BCUT2D eigenvalue weighted by molar-refractivity contribution is 6.02. The summed E-state index contributed by atoms with van der Waals surface area (Å²) in [6, 6.07) is 14.5. The fraction of sp³-hybridized carbons (Fsp3) is 0.286. The standard InChI is InChI=1S/C21H24N2O/c1-4-10-23-21(24)19-13-15(14(2)3)5-7-18(19)16-6-8-20-17(12-16)9-11-22-20/h5-9,11-14,22H,4,10H2,1-3H3,(H,23,24). The van der Waals surface area contributed by atoms with Crippen molar-refractivity contribution in [2.24, 2.45) is 0 Å². The molecule has 3 aromatic rings. The molecule has 1 aromatic heterocycles. The highest BCUT2D eigenvalue weighted by Crippen LogP contribution is 2.29. The van der Waals surface area contributed by atoms with Crippen molar-refractivity contribution >= 4 is 16.8 Å². The van der Waals surface area contributed by atoms with Gasteiger partial charge in [-0.3, -0.25) is 4.79 Å². The van der Waals surface area contributed by atoms with Crippen molar-refractivity contribution < 1.29 is 4.79 Å². The zero-order chi connectivity index (χ0) is 17.1. The van der Waals surface area contributed by atoms with Crippen molar-refractivity contribution in [1.29, 1.82) is 0 Å². The van der Waals surface area contributed by atoms with E-state index in [0.29, 0.717) is 12.5 Å². The molecule has 0 atom stereocenters. The maximum absolute atomic E-state index is 12.7. The van der Waals surface area contributed by atoms with Gasteiger partial charge in [-0.15, -0.1) is 0 Å². The van der Waals surface area contributed by atoms with Crippen molar-refractivity contribution in [3.8, 4) is 11.1 Å². The van der Waals surface area contributed by atoms with Crippen LogP contribution in [0.1, 0.15) is 49.0 Å². The topological polar surface area (TPSA) is 44.9 Å². The molecule has 0 saturated heterocycles. The van der Waals surface area contributed by atoms with E-state index in [9.17, 15) is 4.79 Å². The molecule has 2 N–H and O–H groups in total. The Morgan fingerprint density at radius 2 is 1.96 bits per heavy atom. The number of nitrogens with one attached hydrogen (secondary N) is 2. The molecule has 0 radical (unpaired) electrons. The van der Waals surface area contributed by atoms with Gasteiger partial charge in [0.1, 0.15) is 0 Å². The second-order valence-corrected chi connectivity index (χ2v) is 6.50. The van der Waals surface area contributed by atoms with Gasteiger partial charge in [-0.05, 0) is 58.7 Å². The highest BCUT2D eigenvalue weighted by atomic mass is 16.1. The summed E-state index contributed by atoms with van der Waals surface area (Å²) in [6.07, 6.45) is 2.87. The van der Waals surface area contributed by atoms with Gasteiger partial charge >= 0.3 is 0 Å². The molecule has 0 aliphatic carbocycles. The molecule has 0 fully saturated rings. The summed E-state index contributed by atoms with van der Waals surface area (Å²) in [5.41, 5.74) is 5.09. The maximum atomic E-state index is 12.7. The summed E-state index contributed by atoms with van der Waals surface area (Å²) in [4.78, 5) is 15.9. The molecule has 3 nitrogen and oxygen atoms in total. The van der Waals surface area contributed by atoms with Gasteiger partial charge < -0.3 is 10.3 Å². The third-order valence-electron chi connectivity index (χ3n) is 4.35. The number of carbonyl (C=O) groups excluding carboxylic acids is 1. The Balaban J connectivity index is 2.09. The first kappa shape index (κ1) is 16.3. The lowest BCUT2D eigenvalue weighted by atomic mass is 9.93. The number of hydrogen-bond donors (Lipinski definition) is 2. The zero-order valence-electron chi connectivity index (χ0n) is 14.5. The van der Waals surface area contributed by atoms with Gasteiger partial charge in [0, 0.05) is 23.8 Å². The number of benzene rings is 2. The molecule has 3 heteroatoms. The Morgan fingerprint density at radius 3 is 2.71 bits per heavy atom. The van der Waals surface area contributed by atoms with Crippen LogP contribution in [0.15, 0.2) is 48.7 Å². The minimum absolute atomic E-state index is 0.00326. The van der Waals surface area contributed by atoms with Crippen molar-refractivity contribution in [3.63, 3.8) is 0 Å². The SMILES string of the molecule is CCCNC(=O)c1cc(C(C)C)ccc1-c1ccc2[nH]ccc2c1. The Labute approximate surface area is 143 Å². The van der Waals surface area contributed by atoms with Crippen LogP contribution < -0.4 is 5.32 Å². The Bertz CT molecular complexity index is 861. The minimum atomic E-state index is 0.00326. The Morgan fingerprint density at radius 1 is 1.12 bits per heavy atom. The van der Waals surface area contributed by atoms with Crippen molar-refractivity contribution in [2.45, 2.75) is 33.1 Å². The number of amides is 1. The van der Waals surface area contributed by atoms with E-state index >= 15 is 0 Å². The average Bonchev–Trinajstić information content (AvgIpc) is 3.06. The number of H-pyrrole nitrogens is 1. The first-order valence-corrected chi connectivity index (χ1v) is 8.59. The van der Waals surface area contributed by atoms with E-state index < -0.39 is 0 Å². The van der Waals surface area contributed by atoms with Crippen LogP contribution >= 0.6 is 0 Å². The summed E-state index contributed by atoms with van der Waals surface area (Å²) in [6.45, 7) is 7.05. The number of hydrogen-bond acceptors (Lipinski definition) is 1. The van der Waals surface area contributed by atoms with Crippen LogP contribution in [0.3, 0.4) is 0 Å². The van der Waals surface area contributed by atoms with Crippen LogP contribution in [0.4, 0.5) is 0 Å². The molecule has 0 unspecified atom stereocenters. The molecular formula is C21H24N2O. The number of fused-ring (bicyclic) bond motifs is 1. The first-order chi connectivity index (χ1) is 11.6. The lowest BCUT2D eigenvalue weighted by Gasteiger charge is -2.14. The number of aromatic nitrogens is 1. The molecule has 0 saturated carbocycles. The van der Waals surface area contributed by atoms with Crippen LogP contribution in [0, 0.1) is 0 Å². The summed E-state index contributed by atoms with van der Waals surface area (Å²) >= 11 is 0. The fourth-order valence-corrected chi connectivity index (χ4v) is 2.92. The predicted octanol–water partition coefficient (Wildman–Crippen LogP) is 5.10. The van der Waals surface area contributed by atoms with Gasteiger partial charge in [-0.25, -0.2) is 0 Å². The molecule has 0 bridgehead atoms. The van der Waals surface area contributed by atoms with Crippen LogP contribution in [0.25, 0.3) is 22.0 Å². The van der Waals surface area contributed by atoms with Crippen molar-refractivity contribution in [2.75, 3.05) is 6.54 Å². The van der Waals surface area contributed by atoms with Crippen LogP contribution in [0.2, 0.25) is 0 Å². The number of carbonyl (C=O) groups is 1. The fourth-order valence-electron chi connectivity index (χ4n) is 2.92. The second kappa shape index (κ2) is 6.91. The van der Waals surface area contributed by atoms with E-state index in [1.807, 2.05) is 12.3 Å². The third-order valence-corrected chi connectivity index (χ3v) is 4.35. The molecule has 0 spiro atoms. The zero-order valence-corrected chi connectivity index (χ0v) is 14.5. The second-order valence-electron chi connectivity index (χ2n) is 6.50. The third kappa shape index (κ3) is 3.21. The predicted molar refractivity (Wildman–Crippen MR) is 100 cm³/mol. The van der Waals surface area contributed by atoms with E-state index in [4.69, 9.17) is 0 Å². The normalized spacial score (nSPS) is 11.2. The summed E-state index contributed by atoms with van der Waals surface area (Å²) in [7, 11) is 0. The Kier molecular flexibility index (Phi) is 4.70. The quantitative estimate of drug-likeness (QED) is 0.675. The monoisotopic (exact) mass is 320 g/mol.